The van der Waals surface area contributed by atoms with Crippen LogP contribution in [0, 0.1) is 6.92 Å². The normalized spacial score (nSPS) is 17.1. The summed E-state index contributed by atoms with van der Waals surface area (Å²) in [7, 11) is 0. The number of aromatic nitrogens is 1. The number of amides is 1. The minimum atomic E-state index is -0.0394. The highest BCUT2D eigenvalue weighted by Gasteiger charge is 2.16. The Morgan fingerprint density at radius 3 is 3.08 bits per heavy atom. The summed E-state index contributed by atoms with van der Waals surface area (Å²) in [6.45, 7) is 4.85. The fraction of sp³-hybridized carbons (Fsp3) is 0.444. The van der Waals surface area contributed by atoms with E-state index in [9.17, 15) is 4.79 Å². The van der Waals surface area contributed by atoms with Gasteiger partial charge in [-0.05, 0) is 37.5 Å². The standard InChI is InChI=1S/C18H23N3O2S/c1-13-21-16(12-24-13)10-19-9-14-4-2-5-15(8-14)18(22)20-11-17-6-3-7-23-17/h2,4-5,8,12,17,19H,3,6-7,9-11H2,1H3,(H,20,22). The summed E-state index contributed by atoms with van der Waals surface area (Å²) < 4.78 is 5.53. The fourth-order valence-electron chi connectivity index (χ4n) is 2.76. The van der Waals surface area contributed by atoms with Crippen molar-refractivity contribution in [1.29, 1.82) is 0 Å². The van der Waals surface area contributed by atoms with Gasteiger partial charge in [0.25, 0.3) is 5.91 Å². The Balaban J connectivity index is 1.48. The maximum atomic E-state index is 12.3. The first-order valence-corrected chi connectivity index (χ1v) is 9.19. The Bertz CT molecular complexity index is 680. The van der Waals surface area contributed by atoms with Crippen molar-refractivity contribution >= 4 is 17.2 Å². The molecule has 1 unspecified atom stereocenters. The summed E-state index contributed by atoms with van der Waals surface area (Å²) in [6, 6.07) is 7.73. The Morgan fingerprint density at radius 1 is 1.42 bits per heavy atom. The number of hydrogen-bond acceptors (Lipinski definition) is 5. The van der Waals surface area contributed by atoms with Crippen LogP contribution in [0.15, 0.2) is 29.6 Å². The van der Waals surface area contributed by atoms with E-state index in [0.717, 1.165) is 42.3 Å². The van der Waals surface area contributed by atoms with E-state index in [-0.39, 0.29) is 12.0 Å². The third-order valence-corrected chi connectivity index (χ3v) is 4.83. The molecule has 1 fully saturated rings. The number of thiazole rings is 1. The third kappa shape index (κ3) is 4.87. The number of benzene rings is 1. The van der Waals surface area contributed by atoms with Gasteiger partial charge in [0.15, 0.2) is 0 Å². The molecule has 6 heteroatoms. The summed E-state index contributed by atoms with van der Waals surface area (Å²) >= 11 is 1.66. The Hall–Kier alpha value is -1.76. The maximum Gasteiger partial charge on any atom is 0.251 e. The molecule has 1 amide bonds. The summed E-state index contributed by atoms with van der Waals surface area (Å²) in [5.74, 6) is -0.0394. The first kappa shape index (κ1) is 17.1. The summed E-state index contributed by atoms with van der Waals surface area (Å²) in [5, 5.41) is 9.47. The first-order chi connectivity index (χ1) is 11.7. The smallest absolute Gasteiger partial charge is 0.251 e. The molecule has 3 rings (SSSR count). The summed E-state index contributed by atoms with van der Waals surface area (Å²) in [6.07, 6.45) is 2.28. The summed E-state index contributed by atoms with van der Waals surface area (Å²) in [4.78, 5) is 16.7. The van der Waals surface area contributed by atoms with Gasteiger partial charge in [0, 0.05) is 37.2 Å². The average molecular weight is 345 g/mol. The van der Waals surface area contributed by atoms with Crippen molar-refractivity contribution in [3.8, 4) is 0 Å². The second-order valence-corrected chi connectivity index (χ2v) is 7.07. The van der Waals surface area contributed by atoms with Gasteiger partial charge in [0.2, 0.25) is 0 Å². The number of nitrogens with zero attached hydrogens (tertiary/aromatic N) is 1. The van der Waals surface area contributed by atoms with E-state index in [4.69, 9.17) is 4.74 Å². The summed E-state index contributed by atoms with van der Waals surface area (Å²) in [5.41, 5.74) is 2.84. The number of carbonyl (C=O) groups excluding carboxylic acids is 1. The Labute approximate surface area is 146 Å². The Morgan fingerprint density at radius 2 is 2.33 bits per heavy atom. The molecule has 1 atom stereocenters. The van der Waals surface area contributed by atoms with Crippen LogP contribution in [-0.4, -0.2) is 30.1 Å². The van der Waals surface area contributed by atoms with Crippen molar-refractivity contribution in [3.63, 3.8) is 0 Å². The minimum Gasteiger partial charge on any atom is -0.376 e. The molecule has 2 heterocycles. The minimum absolute atomic E-state index is 0.0394. The van der Waals surface area contributed by atoms with Crippen LogP contribution in [0.4, 0.5) is 0 Å². The van der Waals surface area contributed by atoms with Crippen molar-refractivity contribution in [2.24, 2.45) is 0 Å². The average Bonchev–Trinajstić information content (AvgIpc) is 3.25. The zero-order valence-corrected chi connectivity index (χ0v) is 14.7. The number of carbonyl (C=O) groups is 1. The van der Waals surface area contributed by atoms with Crippen LogP contribution >= 0.6 is 11.3 Å². The van der Waals surface area contributed by atoms with E-state index in [2.05, 4.69) is 21.0 Å². The fourth-order valence-corrected chi connectivity index (χ4v) is 3.37. The van der Waals surface area contributed by atoms with Gasteiger partial charge in [0.1, 0.15) is 0 Å². The van der Waals surface area contributed by atoms with Crippen LogP contribution < -0.4 is 10.6 Å². The largest absolute Gasteiger partial charge is 0.376 e. The molecule has 2 N–H and O–H groups in total. The number of hydrogen-bond donors (Lipinski definition) is 2. The SMILES string of the molecule is Cc1nc(CNCc2cccc(C(=O)NCC3CCCO3)c2)cs1. The molecule has 0 spiro atoms. The van der Waals surface area contributed by atoms with Gasteiger partial charge in [-0.25, -0.2) is 4.98 Å². The van der Waals surface area contributed by atoms with Crippen molar-refractivity contribution in [2.45, 2.75) is 39.0 Å². The van der Waals surface area contributed by atoms with Crippen LogP contribution in [0.25, 0.3) is 0 Å². The molecule has 2 aromatic rings. The van der Waals surface area contributed by atoms with Gasteiger partial charge in [-0.1, -0.05) is 12.1 Å². The molecule has 0 bridgehead atoms. The molecule has 1 aromatic carbocycles. The van der Waals surface area contributed by atoms with E-state index in [0.29, 0.717) is 18.7 Å². The maximum absolute atomic E-state index is 12.3. The monoisotopic (exact) mass is 345 g/mol. The van der Waals surface area contributed by atoms with E-state index in [1.807, 2.05) is 31.2 Å². The van der Waals surface area contributed by atoms with E-state index in [1.165, 1.54) is 0 Å². The van der Waals surface area contributed by atoms with Crippen molar-refractivity contribution < 1.29 is 9.53 Å². The molecule has 1 saturated heterocycles. The Kier molecular flexibility index (Phi) is 5.96. The molecule has 1 aromatic heterocycles. The van der Waals surface area contributed by atoms with E-state index >= 15 is 0 Å². The topological polar surface area (TPSA) is 63.2 Å². The zero-order chi connectivity index (χ0) is 16.8. The van der Waals surface area contributed by atoms with Gasteiger partial charge >= 0.3 is 0 Å². The predicted molar refractivity (Wildman–Crippen MR) is 95.1 cm³/mol. The van der Waals surface area contributed by atoms with Gasteiger partial charge < -0.3 is 15.4 Å². The number of rotatable bonds is 7. The van der Waals surface area contributed by atoms with Gasteiger partial charge in [-0.15, -0.1) is 11.3 Å². The lowest BCUT2D eigenvalue weighted by molar-refractivity contribution is 0.0857. The highest BCUT2D eigenvalue weighted by molar-refractivity contribution is 7.09. The molecule has 5 nitrogen and oxygen atoms in total. The van der Waals surface area contributed by atoms with Gasteiger partial charge in [0.05, 0.1) is 16.8 Å². The molecular formula is C18H23N3O2S. The molecule has 0 aliphatic carbocycles. The van der Waals surface area contributed by atoms with Crippen LogP contribution in [0.3, 0.4) is 0 Å². The second-order valence-electron chi connectivity index (χ2n) is 6.01. The van der Waals surface area contributed by atoms with Crippen LogP contribution in [0.2, 0.25) is 0 Å². The molecule has 0 radical (unpaired) electrons. The van der Waals surface area contributed by atoms with Crippen LogP contribution in [-0.2, 0) is 17.8 Å². The quantitative estimate of drug-likeness (QED) is 0.810. The van der Waals surface area contributed by atoms with Crippen molar-refractivity contribution in [2.75, 3.05) is 13.2 Å². The molecule has 0 saturated carbocycles. The lowest BCUT2D eigenvalue weighted by Gasteiger charge is -2.11. The van der Waals surface area contributed by atoms with Crippen molar-refractivity contribution in [1.82, 2.24) is 15.6 Å². The molecule has 24 heavy (non-hydrogen) atoms. The first-order valence-electron chi connectivity index (χ1n) is 8.31. The van der Waals surface area contributed by atoms with Gasteiger partial charge in [-0.2, -0.15) is 0 Å². The molecular weight excluding hydrogens is 322 g/mol. The van der Waals surface area contributed by atoms with Crippen molar-refractivity contribution in [3.05, 3.63) is 51.5 Å². The molecule has 1 aliphatic rings. The molecule has 1 aliphatic heterocycles. The van der Waals surface area contributed by atoms with Gasteiger partial charge in [-0.3, -0.25) is 4.79 Å². The second kappa shape index (κ2) is 8.37. The van der Waals surface area contributed by atoms with Crippen LogP contribution in [0.5, 0.6) is 0 Å². The number of aryl methyl sites for hydroxylation is 1. The third-order valence-electron chi connectivity index (χ3n) is 4.01. The van der Waals surface area contributed by atoms with E-state index < -0.39 is 0 Å². The lowest BCUT2D eigenvalue weighted by Crippen LogP contribution is -2.31. The highest BCUT2D eigenvalue weighted by atomic mass is 32.1. The van der Waals surface area contributed by atoms with E-state index in [1.54, 1.807) is 11.3 Å². The lowest BCUT2D eigenvalue weighted by atomic mass is 10.1. The molecule has 128 valence electrons. The predicted octanol–water partition coefficient (Wildman–Crippen LogP) is 2.65. The number of ether oxygens (including phenoxy) is 1. The van der Waals surface area contributed by atoms with Crippen LogP contribution in [0.1, 0.15) is 39.5 Å². The highest BCUT2D eigenvalue weighted by Crippen LogP contribution is 2.12. The number of nitrogens with one attached hydrogen (secondary N) is 2. The zero-order valence-electron chi connectivity index (χ0n) is 13.9.